The number of halogens is 1. The third kappa shape index (κ3) is 10.4. The summed E-state index contributed by atoms with van der Waals surface area (Å²) in [5.74, 6) is 0.557. The van der Waals surface area contributed by atoms with Gasteiger partial charge in [-0.2, -0.15) is 0 Å². The molecule has 1 unspecified atom stereocenters. The molecule has 2 rings (SSSR count). The van der Waals surface area contributed by atoms with Gasteiger partial charge in [0.1, 0.15) is 0 Å². The van der Waals surface area contributed by atoms with Crippen molar-refractivity contribution >= 4 is 32.7 Å². The van der Waals surface area contributed by atoms with Gasteiger partial charge in [0.2, 0.25) is 5.78 Å². The van der Waals surface area contributed by atoms with E-state index in [1.165, 1.54) is 19.3 Å². The van der Waals surface area contributed by atoms with Crippen molar-refractivity contribution in [2.75, 3.05) is 0 Å². The Labute approximate surface area is 163 Å². The Morgan fingerprint density at radius 2 is 1.64 bits per heavy atom. The number of H-pyrrole nitrogens is 1. The molecule has 0 amide bonds. The predicted octanol–water partition coefficient (Wildman–Crippen LogP) is 7.80. The number of fused-ring (bicyclic) bond motifs is 1. The van der Waals surface area contributed by atoms with Crippen LogP contribution in [0.5, 0.6) is 0 Å². The molecule has 1 aromatic heterocycles. The lowest BCUT2D eigenvalue weighted by Crippen LogP contribution is -2.11. The highest BCUT2D eigenvalue weighted by Crippen LogP contribution is 2.19. The van der Waals surface area contributed by atoms with Crippen LogP contribution in [0.4, 0.5) is 0 Å². The van der Waals surface area contributed by atoms with Crippen molar-refractivity contribution in [3.63, 3.8) is 0 Å². The zero-order chi connectivity index (χ0) is 19.8. The van der Waals surface area contributed by atoms with Gasteiger partial charge >= 0.3 is 0 Å². The molecule has 0 saturated heterocycles. The lowest BCUT2D eigenvalue weighted by Gasteiger charge is -2.02. The number of nitrogens with zero attached hydrogens (tertiary/aromatic N) is 1. The van der Waals surface area contributed by atoms with E-state index >= 15 is 0 Å². The number of aromatic amines is 1. The van der Waals surface area contributed by atoms with Crippen LogP contribution in [0.15, 0.2) is 22.7 Å². The van der Waals surface area contributed by atoms with Crippen molar-refractivity contribution in [2.45, 2.75) is 81.1 Å². The van der Waals surface area contributed by atoms with Gasteiger partial charge in [0.25, 0.3) is 0 Å². The summed E-state index contributed by atoms with van der Waals surface area (Å²) in [5.41, 5.74) is 1.72. The number of benzene rings is 1. The van der Waals surface area contributed by atoms with E-state index in [-0.39, 0.29) is 11.7 Å². The number of carbonyl (C=O) groups excluding carboxylic acids is 1. The van der Waals surface area contributed by atoms with Crippen molar-refractivity contribution in [2.24, 2.45) is 5.92 Å². The number of hydrogen-bond acceptors (Lipinski definition) is 2. The Morgan fingerprint density at radius 1 is 1.12 bits per heavy atom. The number of nitrogens with one attached hydrogen (secondary N) is 1. The molecule has 0 aliphatic heterocycles. The summed E-state index contributed by atoms with van der Waals surface area (Å²) in [5, 5.41) is 0. The average molecular weight is 413 g/mol. The summed E-state index contributed by atoms with van der Waals surface area (Å²) in [7, 11) is 0. The molecular formula is C21H37BrN2O. The Morgan fingerprint density at radius 3 is 2.08 bits per heavy atom. The van der Waals surface area contributed by atoms with E-state index in [1.807, 2.05) is 45.9 Å². The summed E-state index contributed by atoms with van der Waals surface area (Å²) in [6, 6.07) is 5.74. The second-order valence-corrected chi connectivity index (χ2v) is 6.54. The molecule has 1 atom stereocenters. The molecular weight excluding hydrogens is 376 g/mol. The second kappa shape index (κ2) is 16.3. The highest BCUT2D eigenvalue weighted by molar-refractivity contribution is 9.10. The summed E-state index contributed by atoms with van der Waals surface area (Å²) < 4.78 is 0.978. The standard InChI is InChI=1S/C12H13BrN2O.C4H10.C3H8.C2H6/c1-3-7(2)11(16)12-14-9-5-4-8(13)6-10(9)15-12;1-3-4-2;1-3-2;1-2/h4-7H,3H2,1-2H3,(H,14,15);3-4H2,1-2H3;3H2,1-2H3;1-2H3. The fourth-order valence-electron chi connectivity index (χ4n) is 1.52. The SMILES string of the molecule is CC.CCC.CCC(C)C(=O)c1nc2ccc(Br)cc2[nH]1.CCCC. The molecule has 2 aromatic rings. The minimum Gasteiger partial charge on any atom is -0.335 e. The molecule has 1 N–H and O–H groups in total. The van der Waals surface area contributed by atoms with Crippen LogP contribution in [0.2, 0.25) is 0 Å². The van der Waals surface area contributed by atoms with E-state index in [1.54, 1.807) is 0 Å². The van der Waals surface area contributed by atoms with Gasteiger partial charge in [-0.25, -0.2) is 4.98 Å². The second-order valence-electron chi connectivity index (χ2n) is 5.63. The van der Waals surface area contributed by atoms with Crippen LogP contribution in [0.1, 0.15) is 91.7 Å². The third-order valence-corrected chi connectivity index (χ3v) is 3.73. The van der Waals surface area contributed by atoms with E-state index in [9.17, 15) is 4.79 Å². The van der Waals surface area contributed by atoms with Crippen LogP contribution >= 0.6 is 15.9 Å². The Kier molecular flexibility index (Phi) is 17.0. The molecule has 25 heavy (non-hydrogen) atoms. The first-order valence-electron chi connectivity index (χ1n) is 9.64. The largest absolute Gasteiger partial charge is 0.335 e. The van der Waals surface area contributed by atoms with Gasteiger partial charge in [-0.05, 0) is 24.6 Å². The van der Waals surface area contributed by atoms with Crippen molar-refractivity contribution in [1.82, 2.24) is 9.97 Å². The topological polar surface area (TPSA) is 45.8 Å². The quantitative estimate of drug-likeness (QED) is 0.520. The van der Waals surface area contributed by atoms with Crippen LogP contribution in [-0.4, -0.2) is 15.8 Å². The first-order valence-corrected chi connectivity index (χ1v) is 10.4. The number of Topliss-reactive ketones (excluding diaryl/α,β-unsaturated/α-hetero) is 1. The monoisotopic (exact) mass is 412 g/mol. The van der Waals surface area contributed by atoms with Crippen LogP contribution in [0.25, 0.3) is 11.0 Å². The number of carbonyl (C=O) groups is 1. The fraction of sp³-hybridized carbons (Fsp3) is 0.619. The number of hydrogen-bond donors (Lipinski definition) is 1. The van der Waals surface area contributed by atoms with Crippen LogP contribution in [0, 0.1) is 5.92 Å². The van der Waals surface area contributed by atoms with Gasteiger partial charge in [0, 0.05) is 10.4 Å². The molecule has 0 spiro atoms. The van der Waals surface area contributed by atoms with Crippen molar-refractivity contribution < 1.29 is 4.79 Å². The Balaban J connectivity index is 0. The number of aromatic nitrogens is 2. The highest BCUT2D eigenvalue weighted by atomic mass is 79.9. The zero-order valence-electron chi connectivity index (χ0n) is 17.4. The van der Waals surface area contributed by atoms with E-state index in [0.29, 0.717) is 5.82 Å². The summed E-state index contributed by atoms with van der Waals surface area (Å²) in [6.45, 7) is 16.5. The van der Waals surface area contributed by atoms with E-state index in [0.717, 1.165) is 21.9 Å². The van der Waals surface area contributed by atoms with Gasteiger partial charge in [-0.3, -0.25) is 4.79 Å². The molecule has 3 nitrogen and oxygen atoms in total. The van der Waals surface area contributed by atoms with Crippen LogP contribution < -0.4 is 0 Å². The normalized spacial score (nSPS) is 10.4. The number of imidazole rings is 1. The number of ketones is 1. The maximum atomic E-state index is 11.9. The van der Waals surface area contributed by atoms with Gasteiger partial charge in [0.05, 0.1) is 11.0 Å². The van der Waals surface area contributed by atoms with Crippen LogP contribution in [0.3, 0.4) is 0 Å². The number of unbranched alkanes of at least 4 members (excludes halogenated alkanes) is 1. The van der Waals surface area contributed by atoms with Gasteiger partial charge < -0.3 is 4.98 Å². The molecule has 1 aromatic carbocycles. The van der Waals surface area contributed by atoms with E-state index in [2.05, 4.69) is 53.6 Å². The molecule has 0 aliphatic carbocycles. The average Bonchev–Trinajstić information content (AvgIpc) is 3.06. The summed E-state index contributed by atoms with van der Waals surface area (Å²) in [4.78, 5) is 19.3. The molecule has 0 saturated carbocycles. The third-order valence-electron chi connectivity index (χ3n) is 3.24. The first-order chi connectivity index (χ1) is 11.9. The van der Waals surface area contributed by atoms with Gasteiger partial charge in [-0.1, -0.05) is 90.6 Å². The molecule has 4 heteroatoms. The van der Waals surface area contributed by atoms with Gasteiger partial charge in [-0.15, -0.1) is 0 Å². The number of rotatable bonds is 4. The lowest BCUT2D eigenvalue weighted by molar-refractivity contribution is 0.0918. The molecule has 144 valence electrons. The minimum atomic E-state index is 0.0176. The lowest BCUT2D eigenvalue weighted by atomic mass is 10.0. The summed E-state index contributed by atoms with van der Waals surface area (Å²) in [6.07, 6.45) is 4.72. The predicted molar refractivity (Wildman–Crippen MR) is 115 cm³/mol. The smallest absolute Gasteiger partial charge is 0.200 e. The molecule has 0 radical (unpaired) electrons. The van der Waals surface area contributed by atoms with Gasteiger partial charge in [0.15, 0.2) is 5.82 Å². The maximum absolute atomic E-state index is 11.9. The van der Waals surface area contributed by atoms with E-state index in [4.69, 9.17) is 0 Å². The highest BCUT2D eigenvalue weighted by Gasteiger charge is 2.17. The molecule has 1 heterocycles. The van der Waals surface area contributed by atoms with E-state index < -0.39 is 0 Å². The van der Waals surface area contributed by atoms with Crippen molar-refractivity contribution in [1.29, 1.82) is 0 Å². The van der Waals surface area contributed by atoms with Crippen molar-refractivity contribution in [3.8, 4) is 0 Å². The summed E-state index contributed by atoms with van der Waals surface area (Å²) >= 11 is 3.39. The first kappa shape index (κ1) is 26.1. The fourth-order valence-corrected chi connectivity index (χ4v) is 1.88. The molecule has 0 fully saturated rings. The zero-order valence-corrected chi connectivity index (χ0v) is 19.0. The maximum Gasteiger partial charge on any atom is 0.200 e. The minimum absolute atomic E-state index is 0.0176. The van der Waals surface area contributed by atoms with Crippen molar-refractivity contribution in [3.05, 3.63) is 28.5 Å². The Hall–Kier alpha value is -1.16. The Bertz CT molecular complexity index is 576. The molecule has 0 aliphatic rings. The molecule has 0 bridgehead atoms. The van der Waals surface area contributed by atoms with Crippen LogP contribution in [-0.2, 0) is 0 Å².